The maximum atomic E-state index is 12.1. The van der Waals surface area contributed by atoms with E-state index >= 15 is 0 Å². The maximum absolute atomic E-state index is 12.1. The summed E-state index contributed by atoms with van der Waals surface area (Å²) in [6, 6.07) is 0. The molecule has 0 aliphatic heterocycles. The first-order chi connectivity index (χ1) is 12.3. The van der Waals surface area contributed by atoms with Crippen LogP contribution in [-0.4, -0.2) is 22.2 Å². The number of rotatable bonds is 17. The van der Waals surface area contributed by atoms with Gasteiger partial charge < -0.3 is 10.2 Å². The fourth-order valence-corrected chi connectivity index (χ4v) is 4.18. The van der Waals surface area contributed by atoms with Crippen molar-refractivity contribution in [2.24, 2.45) is 10.8 Å². The van der Waals surface area contributed by atoms with Crippen LogP contribution in [0.3, 0.4) is 0 Å². The van der Waals surface area contributed by atoms with E-state index in [9.17, 15) is 19.8 Å². The van der Waals surface area contributed by atoms with Crippen molar-refractivity contribution in [2.75, 3.05) is 0 Å². The van der Waals surface area contributed by atoms with E-state index in [-0.39, 0.29) is 0 Å². The molecule has 0 saturated carbocycles. The molecule has 0 aliphatic rings. The molecule has 0 amide bonds. The highest BCUT2D eigenvalue weighted by Gasteiger charge is 2.40. The third-order valence-corrected chi connectivity index (χ3v) is 5.97. The Hall–Kier alpha value is -1.06. The summed E-state index contributed by atoms with van der Waals surface area (Å²) in [5.41, 5.74) is -1.35. The van der Waals surface area contributed by atoms with Gasteiger partial charge in [-0.25, -0.2) is 0 Å². The number of carboxylic acids is 2. The van der Waals surface area contributed by atoms with Crippen LogP contribution < -0.4 is 0 Å². The molecule has 0 spiro atoms. The Kier molecular flexibility index (Phi) is 12.6. The maximum Gasteiger partial charge on any atom is 0.309 e. The lowest BCUT2D eigenvalue weighted by atomic mass is 9.70. The molecular formula is C22H42O4. The van der Waals surface area contributed by atoms with Gasteiger partial charge in [0.1, 0.15) is 0 Å². The highest BCUT2D eigenvalue weighted by molar-refractivity contribution is 5.75. The van der Waals surface area contributed by atoms with Gasteiger partial charge in [-0.1, -0.05) is 79.1 Å². The van der Waals surface area contributed by atoms with Gasteiger partial charge in [0.15, 0.2) is 0 Å². The minimum absolute atomic E-state index is 0.601. The Morgan fingerprint density at radius 2 is 0.846 bits per heavy atom. The molecule has 0 saturated heterocycles. The van der Waals surface area contributed by atoms with E-state index in [0.717, 1.165) is 44.9 Å². The molecular weight excluding hydrogens is 328 g/mol. The zero-order valence-electron chi connectivity index (χ0n) is 17.6. The monoisotopic (exact) mass is 370 g/mol. The molecule has 2 N–H and O–H groups in total. The highest BCUT2D eigenvalue weighted by atomic mass is 16.4. The third-order valence-electron chi connectivity index (χ3n) is 5.97. The Bertz CT molecular complexity index is 397. The van der Waals surface area contributed by atoms with Crippen molar-refractivity contribution >= 4 is 11.9 Å². The molecule has 0 aromatic heterocycles. The topological polar surface area (TPSA) is 74.6 Å². The van der Waals surface area contributed by atoms with Crippen molar-refractivity contribution < 1.29 is 19.8 Å². The third kappa shape index (κ3) is 7.67. The zero-order chi connectivity index (χ0) is 20.1. The summed E-state index contributed by atoms with van der Waals surface area (Å²) in [7, 11) is 0. The molecule has 1 atom stereocenters. The molecule has 1 unspecified atom stereocenters. The fraction of sp³-hybridized carbons (Fsp3) is 0.909. The van der Waals surface area contributed by atoms with E-state index < -0.39 is 22.8 Å². The van der Waals surface area contributed by atoms with Crippen molar-refractivity contribution in [1.82, 2.24) is 0 Å². The van der Waals surface area contributed by atoms with Crippen molar-refractivity contribution in [1.29, 1.82) is 0 Å². The second-order valence-electron chi connectivity index (χ2n) is 8.09. The van der Waals surface area contributed by atoms with Crippen molar-refractivity contribution in [3.05, 3.63) is 0 Å². The van der Waals surface area contributed by atoms with Crippen LogP contribution in [0.15, 0.2) is 0 Å². The van der Waals surface area contributed by atoms with E-state index in [2.05, 4.69) is 20.8 Å². The lowest BCUT2D eigenvalue weighted by Crippen LogP contribution is -2.34. The summed E-state index contributed by atoms with van der Waals surface area (Å²) in [6.45, 7) is 8.30. The van der Waals surface area contributed by atoms with Crippen molar-refractivity contribution in [3.8, 4) is 0 Å². The fourth-order valence-electron chi connectivity index (χ4n) is 4.18. The lowest BCUT2D eigenvalue weighted by molar-refractivity contribution is -0.152. The number of hydrogen-bond donors (Lipinski definition) is 2. The van der Waals surface area contributed by atoms with E-state index in [0.29, 0.717) is 44.9 Å². The van der Waals surface area contributed by atoms with Crippen LogP contribution in [0.5, 0.6) is 0 Å². The van der Waals surface area contributed by atoms with Crippen LogP contribution in [0, 0.1) is 10.8 Å². The molecule has 26 heavy (non-hydrogen) atoms. The van der Waals surface area contributed by atoms with Crippen LogP contribution in [0.4, 0.5) is 0 Å². The van der Waals surface area contributed by atoms with Gasteiger partial charge >= 0.3 is 11.9 Å². The van der Waals surface area contributed by atoms with E-state index in [4.69, 9.17) is 0 Å². The van der Waals surface area contributed by atoms with Crippen molar-refractivity contribution in [3.63, 3.8) is 0 Å². The summed E-state index contributed by atoms with van der Waals surface area (Å²) in [6.07, 6.45) is 11.3. The molecule has 4 heteroatoms. The first kappa shape index (κ1) is 24.9. The summed E-state index contributed by atoms with van der Waals surface area (Å²) >= 11 is 0. The Morgan fingerprint density at radius 3 is 1.12 bits per heavy atom. The quantitative estimate of drug-likeness (QED) is 0.300. The van der Waals surface area contributed by atoms with Gasteiger partial charge in [0, 0.05) is 0 Å². The first-order valence-corrected chi connectivity index (χ1v) is 10.8. The molecule has 4 nitrogen and oxygen atoms in total. The summed E-state index contributed by atoms with van der Waals surface area (Å²) in [5.74, 6) is -1.39. The predicted molar refractivity (Wildman–Crippen MR) is 107 cm³/mol. The van der Waals surface area contributed by atoms with Crippen LogP contribution in [0.2, 0.25) is 0 Å². The van der Waals surface area contributed by atoms with Gasteiger partial charge in [-0.2, -0.15) is 0 Å². The molecule has 0 fully saturated rings. The van der Waals surface area contributed by atoms with Gasteiger partial charge in [0.05, 0.1) is 10.8 Å². The number of hydrogen-bond acceptors (Lipinski definition) is 2. The zero-order valence-corrected chi connectivity index (χ0v) is 17.6. The Labute approximate surface area is 160 Å². The second kappa shape index (κ2) is 13.2. The van der Waals surface area contributed by atoms with Gasteiger partial charge in [0.2, 0.25) is 0 Å². The Morgan fingerprint density at radius 1 is 0.538 bits per heavy atom. The second-order valence-corrected chi connectivity index (χ2v) is 8.09. The van der Waals surface area contributed by atoms with Crippen molar-refractivity contribution in [2.45, 2.75) is 118 Å². The van der Waals surface area contributed by atoms with Crippen LogP contribution in [0.25, 0.3) is 0 Å². The molecule has 0 bridgehead atoms. The Balaban J connectivity index is 5.20. The molecule has 154 valence electrons. The smallest absolute Gasteiger partial charge is 0.309 e. The molecule has 0 aromatic rings. The summed E-state index contributed by atoms with van der Waals surface area (Å²) in [4.78, 5) is 24.1. The average Bonchev–Trinajstić information content (AvgIpc) is 2.61. The van der Waals surface area contributed by atoms with Gasteiger partial charge in [0.25, 0.3) is 0 Å². The molecule has 0 aliphatic carbocycles. The van der Waals surface area contributed by atoms with Gasteiger partial charge in [-0.15, -0.1) is 0 Å². The molecule has 0 aromatic carbocycles. The molecule has 0 heterocycles. The normalized spacial score (nSPS) is 14.2. The highest BCUT2D eigenvalue weighted by Crippen LogP contribution is 2.41. The number of aliphatic carboxylic acids is 2. The minimum atomic E-state index is -0.698. The van der Waals surface area contributed by atoms with E-state index in [1.807, 2.05) is 6.92 Å². The number of carboxylic acid groups (broad SMARTS) is 2. The lowest BCUT2D eigenvalue weighted by Gasteiger charge is -2.33. The van der Waals surface area contributed by atoms with Crippen LogP contribution >= 0.6 is 0 Å². The number of carbonyl (C=O) groups is 2. The average molecular weight is 371 g/mol. The molecule has 0 rings (SSSR count). The van der Waals surface area contributed by atoms with E-state index in [1.54, 1.807) is 0 Å². The van der Waals surface area contributed by atoms with Crippen LogP contribution in [-0.2, 0) is 9.59 Å². The van der Waals surface area contributed by atoms with E-state index in [1.165, 1.54) is 0 Å². The van der Waals surface area contributed by atoms with Gasteiger partial charge in [-0.3, -0.25) is 9.59 Å². The largest absolute Gasteiger partial charge is 0.481 e. The summed E-state index contributed by atoms with van der Waals surface area (Å²) < 4.78 is 0. The standard InChI is InChI=1S/C22H42O4/c1-5-9-14-21(13-8-4,19(23)24)17-12-18-22(20(25)26,15-10-6-2)16-11-7-3/h5-18H2,1-4H3,(H,23,24)(H,25,26). The minimum Gasteiger partial charge on any atom is -0.481 e. The first-order valence-electron chi connectivity index (χ1n) is 10.8. The van der Waals surface area contributed by atoms with Crippen LogP contribution in [0.1, 0.15) is 118 Å². The SMILES string of the molecule is CCCCC(CCC)(CCCC(CCCC)(CCCC)C(=O)O)C(=O)O. The summed E-state index contributed by atoms with van der Waals surface area (Å²) in [5, 5.41) is 19.8. The number of unbranched alkanes of at least 4 members (excludes halogenated alkanes) is 3. The van der Waals surface area contributed by atoms with Gasteiger partial charge in [-0.05, 0) is 38.5 Å². The molecule has 0 radical (unpaired) electrons. The predicted octanol–water partition coefficient (Wildman–Crippen LogP) is 6.67.